The molecule has 0 aliphatic carbocycles. The Balaban J connectivity index is 1.68. The van der Waals surface area contributed by atoms with Crippen LogP contribution >= 0.6 is 22.9 Å². The van der Waals surface area contributed by atoms with Gasteiger partial charge >= 0.3 is 0 Å². The first-order valence-corrected chi connectivity index (χ1v) is 11.4. The summed E-state index contributed by atoms with van der Waals surface area (Å²) in [5.41, 5.74) is 0.566. The van der Waals surface area contributed by atoms with Crippen LogP contribution in [-0.4, -0.2) is 28.2 Å². The second kappa shape index (κ2) is 8.35. The number of hydrogen-bond acceptors (Lipinski definition) is 8. The predicted molar refractivity (Wildman–Crippen MR) is 116 cm³/mol. The van der Waals surface area contributed by atoms with Crippen molar-refractivity contribution in [3.63, 3.8) is 0 Å². The Hall–Kier alpha value is -3.46. The van der Waals surface area contributed by atoms with Gasteiger partial charge in [-0.1, -0.05) is 11.6 Å². The molecule has 9 nitrogen and oxygen atoms in total. The van der Waals surface area contributed by atoms with Crippen LogP contribution in [0.2, 0.25) is 5.02 Å². The van der Waals surface area contributed by atoms with E-state index >= 15 is 0 Å². The molecule has 0 unspecified atom stereocenters. The Kier molecular flexibility index (Phi) is 5.60. The quantitative estimate of drug-likeness (QED) is 0.448. The van der Waals surface area contributed by atoms with Crippen molar-refractivity contribution in [1.29, 1.82) is 5.26 Å². The minimum Gasteiger partial charge on any atom is -0.455 e. The van der Waals surface area contributed by atoms with Gasteiger partial charge in [0.25, 0.3) is 10.0 Å². The number of nitriles is 1. The number of nitrogens with zero attached hydrogens (tertiary/aromatic N) is 5. The number of rotatable bonds is 6. The zero-order chi connectivity index (χ0) is 22.0. The van der Waals surface area contributed by atoms with E-state index in [9.17, 15) is 13.7 Å². The molecule has 0 amide bonds. The van der Waals surface area contributed by atoms with E-state index in [1.54, 1.807) is 30.6 Å². The molecule has 12 heteroatoms. The molecule has 1 N–H and O–H groups in total. The van der Waals surface area contributed by atoms with E-state index in [0.29, 0.717) is 22.2 Å². The fraction of sp³-hybridized carbons (Fsp3) is 0.0526. The lowest BCUT2D eigenvalue weighted by Crippen LogP contribution is -2.13. The number of ether oxygens (including phenoxy) is 1. The van der Waals surface area contributed by atoms with Gasteiger partial charge < -0.3 is 4.74 Å². The molecule has 4 rings (SSSR count). The third kappa shape index (κ3) is 4.51. The minimum atomic E-state index is -3.91. The van der Waals surface area contributed by atoms with Crippen molar-refractivity contribution in [3.8, 4) is 29.0 Å². The van der Waals surface area contributed by atoms with E-state index in [-0.39, 0.29) is 21.3 Å². The minimum absolute atomic E-state index is 0.0388. The van der Waals surface area contributed by atoms with Gasteiger partial charge in [0.05, 0.1) is 16.0 Å². The molecule has 4 aromatic rings. The van der Waals surface area contributed by atoms with Crippen LogP contribution in [0.25, 0.3) is 11.4 Å². The third-order valence-corrected chi connectivity index (χ3v) is 6.43. The number of aromatic nitrogens is 4. The van der Waals surface area contributed by atoms with Gasteiger partial charge in [-0.05, 0) is 36.4 Å². The zero-order valence-corrected chi connectivity index (χ0v) is 18.2. The van der Waals surface area contributed by atoms with E-state index in [1.165, 1.54) is 35.4 Å². The second-order valence-electron chi connectivity index (χ2n) is 6.20. The third-order valence-electron chi connectivity index (χ3n) is 4.04. The summed E-state index contributed by atoms with van der Waals surface area (Å²) in [6, 6.07) is 10.9. The highest BCUT2D eigenvalue weighted by Gasteiger charge is 2.19. The lowest BCUT2D eigenvalue weighted by Gasteiger charge is -2.12. The number of benzene rings is 2. The number of anilines is 1. The van der Waals surface area contributed by atoms with Crippen molar-refractivity contribution in [2.45, 2.75) is 4.90 Å². The predicted octanol–water partition coefficient (Wildman–Crippen LogP) is 4.06. The molecule has 156 valence electrons. The number of nitrogens with one attached hydrogen (secondary N) is 1. The summed E-state index contributed by atoms with van der Waals surface area (Å²) in [5.74, 6) is 0.934. The smallest absolute Gasteiger partial charge is 0.263 e. The molecule has 2 heterocycles. The maximum atomic E-state index is 12.6. The fourth-order valence-electron chi connectivity index (χ4n) is 2.65. The van der Waals surface area contributed by atoms with Gasteiger partial charge in [0.2, 0.25) is 0 Å². The van der Waals surface area contributed by atoms with Gasteiger partial charge in [0.15, 0.2) is 11.0 Å². The van der Waals surface area contributed by atoms with Gasteiger partial charge in [-0.3, -0.25) is 9.40 Å². The summed E-state index contributed by atoms with van der Waals surface area (Å²) in [6.45, 7) is 0. The molecule has 31 heavy (non-hydrogen) atoms. The summed E-state index contributed by atoms with van der Waals surface area (Å²) >= 11 is 7.26. The van der Waals surface area contributed by atoms with Crippen molar-refractivity contribution < 1.29 is 13.2 Å². The van der Waals surface area contributed by atoms with Gasteiger partial charge in [0, 0.05) is 23.6 Å². The van der Waals surface area contributed by atoms with E-state index in [4.69, 9.17) is 16.3 Å². The van der Waals surface area contributed by atoms with Crippen molar-refractivity contribution in [3.05, 3.63) is 64.9 Å². The fourth-order valence-corrected chi connectivity index (χ4v) is 4.63. The van der Waals surface area contributed by atoms with Crippen molar-refractivity contribution in [2.75, 3.05) is 4.72 Å². The number of aryl methyl sites for hydroxylation is 1. The van der Waals surface area contributed by atoms with Crippen molar-refractivity contribution in [1.82, 2.24) is 19.7 Å². The highest BCUT2D eigenvalue weighted by molar-refractivity contribution is 7.93. The molecule has 0 bridgehead atoms. The number of thiazole rings is 1. The first kappa shape index (κ1) is 20.8. The maximum absolute atomic E-state index is 12.6. The summed E-state index contributed by atoms with van der Waals surface area (Å²) in [4.78, 5) is 8.03. The van der Waals surface area contributed by atoms with Crippen LogP contribution in [0.5, 0.6) is 11.5 Å². The highest BCUT2D eigenvalue weighted by Crippen LogP contribution is 2.35. The Bertz CT molecular complexity index is 1390. The van der Waals surface area contributed by atoms with Crippen LogP contribution in [0, 0.1) is 11.3 Å². The largest absolute Gasteiger partial charge is 0.455 e. The maximum Gasteiger partial charge on any atom is 0.263 e. The number of hydrogen-bond donors (Lipinski definition) is 1. The normalized spacial score (nSPS) is 11.1. The monoisotopic (exact) mass is 472 g/mol. The molecular weight excluding hydrogens is 460 g/mol. The molecule has 2 aromatic heterocycles. The Morgan fingerprint density at radius 3 is 2.68 bits per heavy atom. The molecule has 0 aliphatic rings. The van der Waals surface area contributed by atoms with Crippen LogP contribution in [-0.2, 0) is 17.1 Å². The molecule has 0 saturated heterocycles. The van der Waals surface area contributed by atoms with E-state index in [2.05, 4.69) is 19.8 Å². The van der Waals surface area contributed by atoms with Gasteiger partial charge in [-0.2, -0.15) is 10.4 Å². The van der Waals surface area contributed by atoms with Gasteiger partial charge in [-0.25, -0.2) is 18.4 Å². The van der Waals surface area contributed by atoms with E-state index < -0.39 is 10.0 Å². The summed E-state index contributed by atoms with van der Waals surface area (Å²) in [6.07, 6.45) is 3.02. The van der Waals surface area contributed by atoms with Gasteiger partial charge in [0.1, 0.15) is 23.9 Å². The summed E-state index contributed by atoms with van der Waals surface area (Å²) in [5, 5.41) is 16.2. The molecular formula is C19H13ClN6O3S2. The van der Waals surface area contributed by atoms with Gasteiger partial charge in [-0.15, -0.1) is 11.3 Å². The molecule has 0 aliphatic heterocycles. The van der Waals surface area contributed by atoms with E-state index in [0.717, 1.165) is 11.3 Å². The summed E-state index contributed by atoms with van der Waals surface area (Å²) < 4.78 is 35.0. The van der Waals surface area contributed by atoms with Crippen LogP contribution in [0.1, 0.15) is 5.56 Å². The molecule has 0 fully saturated rings. The van der Waals surface area contributed by atoms with Crippen LogP contribution < -0.4 is 9.46 Å². The number of sulfonamides is 1. The Morgan fingerprint density at radius 2 is 2.00 bits per heavy atom. The molecule has 2 aromatic carbocycles. The van der Waals surface area contributed by atoms with Crippen molar-refractivity contribution >= 4 is 38.1 Å². The molecule has 0 atom stereocenters. The topological polar surface area (TPSA) is 123 Å². The Labute approximate surface area is 186 Å². The van der Waals surface area contributed by atoms with Crippen molar-refractivity contribution in [2.24, 2.45) is 7.05 Å². The Morgan fingerprint density at radius 1 is 1.19 bits per heavy atom. The lowest BCUT2D eigenvalue weighted by atomic mass is 10.1. The summed E-state index contributed by atoms with van der Waals surface area (Å²) in [7, 11) is -2.18. The molecule has 0 spiro atoms. The lowest BCUT2D eigenvalue weighted by molar-refractivity contribution is 0.482. The molecule has 0 saturated carbocycles. The SMILES string of the molecule is Cn1cnc(-c2cc(Cl)ccc2Oc2ccc(S(=O)(=O)Nc3nccs3)cc2C#N)n1. The van der Waals surface area contributed by atoms with Crippen LogP contribution in [0.15, 0.2) is 59.2 Å². The van der Waals surface area contributed by atoms with E-state index in [1.807, 2.05) is 6.07 Å². The first-order valence-electron chi connectivity index (χ1n) is 8.65. The van der Waals surface area contributed by atoms with Crippen LogP contribution in [0.3, 0.4) is 0 Å². The van der Waals surface area contributed by atoms with Crippen LogP contribution in [0.4, 0.5) is 5.13 Å². The number of halogens is 1. The average Bonchev–Trinajstić information content (AvgIpc) is 3.40. The average molecular weight is 473 g/mol. The molecule has 0 radical (unpaired) electrons. The second-order valence-corrected chi connectivity index (χ2v) is 9.21. The highest BCUT2D eigenvalue weighted by atomic mass is 35.5. The first-order chi connectivity index (χ1) is 14.9. The zero-order valence-electron chi connectivity index (χ0n) is 15.9. The standard InChI is InChI=1S/C19H13ClN6O3S2/c1-26-11-23-18(24-26)15-9-13(20)2-4-17(15)29-16-5-3-14(8-12(16)10-21)31(27,28)25-19-22-6-7-30-19/h2-9,11H,1H3,(H,22,25).